The summed E-state index contributed by atoms with van der Waals surface area (Å²) in [5.74, 6) is -3.46. The van der Waals surface area contributed by atoms with Gasteiger partial charge in [-0.2, -0.15) is 0 Å². The number of anilines is 2. The Labute approximate surface area is 114 Å². The average molecular weight is 281 g/mol. The van der Waals surface area contributed by atoms with E-state index in [1.165, 1.54) is 6.07 Å². The first-order valence-corrected chi connectivity index (χ1v) is 6.60. The molecule has 0 spiro atoms. The van der Waals surface area contributed by atoms with Gasteiger partial charge in [0.05, 0.1) is 5.69 Å². The minimum Gasteiger partial charge on any atom is -0.323 e. The van der Waals surface area contributed by atoms with Crippen molar-refractivity contribution in [1.82, 2.24) is 9.55 Å². The molecule has 0 bridgehead atoms. The van der Waals surface area contributed by atoms with E-state index < -0.39 is 17.5 Å². The molecule has 0 aliphatic heterocycles. The first kappa shape index (κ1) is 13.0. The Hall–Kier alpha value is -1.98. The summed E-state index contributed by atoms with van der Waals surface area (Å²) in [4.78, 5) is 4.12. The van der Waals surface area contributed by atoms with E-state index in [0.717, 1.165) is 31.7 Å². The second-order valence-corrected chi connectivity index (χ2v) is 4.94. The van der Waals surface area contributed by atoms with Crippen molar-refractivity contribution >= 4 is 11.6 Å². The van der Waals surface area contributed by atoms with Crippen LogP contribution in [0, 0.1) is 17.5 Å². The lowest BCUT2D eigenvalue weighted by Crippen LogP contribution is -2.09. The van der Waals surface area contributed by atoms with E-state index in [1.807, 2.05) is 10.8 Å². The number of rotatable bonds is 3. The molecule has 0 unspecified atom stereocenters. The highest BCUT2D eigenvalue weighted by Crippen LogP contribution is 2.32. The molecule has 0 atom stereocenters. The molecule has 3 nitrogen and oxygen atoms in total. The Morgan fingerprint density at radius 1 is 1.10 bits per heavy atom. The minimum atomic E-state index is -1.48. The van der Waals surface area contributed by atoms with Crippen molar-refractivity contribution in [2.24, 2.45) is 0 Å². The van der Waals surface area contributed by atoms with Crippen LogP contribution in [-0.2, 0) is 0 Å². The minimum absolute atomic E-state index is 0.116. The zero-order valence-corrected chi connectivity index (χ0v) is 10.7. The third-order valence-electron chi connectivity index (χ3n) is 3.67. The molecule has 2 aromatic rings. The summed E-state index contributed by atoms with van der Waals surface area (Å²) < 4.78 is 41.7. The molecule has 1 aromatic heterocycles. The van der Waals surface area contributed by atoms with Crippen molar-refractivity contribution in [2.45, 2.75) is 31.7 Å². The number of nitrogens with one attached hydrogen (secondary N) is 1. The molecule has 20 heavy (non-hydrogen) atoms. The second kappa shape index (κ2) is 5.19. The van der Waals surface area contributed by atoms with Gasteiger partial charge in [-0.15, -0.1) is 0 Å². The predicted molar refractivity (Wildman–Crippen MR) is 69.3 cm³/mol. The number of hydrogen-bond acceptors (Lipinski definition) is 2. The molecule has 106 valence electrons. The lowest BCUT2D eigenvalue weighted by Gasteiger charge is -2.16. The van der Waals surface area contributed by atoms with Crippen molar-refractivity contribution in [3.05, 3.63) is 42.0 Å². The molecule has 1 fully saturated rings. The molecule has 1 N–H and O–H groups in total. The zero-order chi connectivity index (χ0) is 14.1. The molecule has 6 heteroatoms. The highest BCUT2D eigenvalue weighted by Gasteiger charge is 2.20. The SMILES string of the molecule is Fc1ccc(Nc2nccn2C2CCCC2)c(F)c1F. The highest BCUT2D eigenvalue weighted by molar-refractivity contribution is 5.54. The number of halogens is 3. The average Bonchev–Trinajstić information content (AvgIpc) is 3.09. The van der Waals surface area contributed by atoms with Gasteiger partial charge in [0.25, 0.3) is 0 Å². The van der Waals surface area contributed by atoms with Gasteiger partial charge in [0.1, 0.15) is 0 Å². The maximum absolute atomic E-state index is 13.6. The molecule has 0 radical (unpaired) electrons. The van der Waals surface area contributed by atoms with Gasteiger partial charge in [0.2, 0.25) is 5.95 Å². The van der Waals surface area contributed by atoms with Gasteiger partial charge >= 0.3 is 0 Å². The van der Waals surface area contributed by atoms with E-state index >= 15 is 0 Å². The summed E-state index contributed by atoms with van der Waals surface area (Å²) in [6.07, 6.45) is 7.83. The number of aromatic nitrogens is 2. The first-order chi connectivity index (χ1) is 9.66. The summed E-state index contributed by atoms with van der Waals surface area (Å²) >= 11 is 0. The van der Waals surface area contributed by atoms with Crippen molar-refractivity contribution in [3.8, 4) is 0 Å². The van der Waals surface area contributed by atoms with Crippen LogP contribution in [0.25, 0.3) is 0 Å². The molecule has 1 aromatic carbocycles. The fourth-order valence-electron chi connectivity index (χ4n) is 2.63. The van der Waals surface area contributed by atoms with E-state index in [9.17, 15) is 13.2 Å². The maximum atomic E-state index is 13.6. The number of hydrogen-bond donors (Lipinski definition) is 1. The van der Waals surface area contributed by atoms with Gasteiger partial charge in [0, 0.05) is 18.4 Å². The fourth-order valence-corrected chi connectivity index (χ4v) is 2.63. The van der Waals surface area contributed by atoms with Crippen LogP contribution in [-0.4, -0.2) is 9.55 Å². The van der Waals surface area contributed by atoms with E-state index in [2.05, 4.69) is 10.3 Å². The Kier molecular flexibility index (Phi) is 3.38. The lowest BCUT2D eigenvalue weighted by molar-refractivity contribution is 0.449. The van der Waals surface area contributed by atoms with Crippen LogP contribution in [0.15, 0.2) is 24.5 Å². The van der Waals surface area contributed by atoms with Gasteiger partial charge in [-0.3, -0.25) is 0 Å². The van der Waals surface area contributed by atoms with Gasteiger partial charge in [-0.05, 0) is 25.0 Å². The quantitative estimate of drug-likeness (QED) is 0.856. The van der Waals surface area contributed by atoms with Crippen LogP contribution in [0.5, 0.6) is 0 Å². The second-order valence-electron chi connectivity index (χ2n) is 4.94. The van der Waals surface area contributed by atoms with Gasteiger partial charge in [-0.25, -0.2) is 18.2 Å². The topological polar surface area (TPSA) is 29.9 Å². The molecule has 1 heterocycles. The molecular formula is C14H14F3N3. The predicted octanol–water partition coefficient (Wildman–Crippen LogP) is 4.16. The monoisotopic (exact) mass is 281 g/mol. The van der Waals surface area contributed by atoms with E-state index in [1.54, 1.807) is 6.20 Å². The number of imidazole rings is 1. The van der Waals surface area contributed by atoms with Gasteiger partial charge in [0.15, 0.2) is 17.5 Å². The van der Waals surface area contributed by atoms with Crippen molar-refractivity contribution < 1.29 is 13.2 Å². The maximum Gasteiger partial charge on any atom is 0.207 e. The molecule has 1 aliphatic rings. The Morgan fingerprint density at radius 3 is 2.60 bits per heavy atom. The number of nitrogens with zero attached hydrogens (tertiary/aromatic N) is 2. The van der Waals surface area contributed by atoms with Crippen LogP contribution in [0.2, 0.25) is 0 Å². The number of benzene rings is 1. The summed E-state index contributed by atoms with van der Waals surface area (Å²) in [5.41, 5.74) is -0.116. The van der Waals surface area contributed by atoms with E-state index in [0.29, 0.717) is 12.0 Å². The normalized spacial score (nSPS) is 15.8. The Balaban J connectivity index is 1.88. The standard InChI is InChI=1S/C14H14F3N3/c15-10-5-6-11(13(17)12(10)16)19-14-18-7-8-20(14)9-3-1-2-4-9/h5-9H,1-4H2,(H,18,19). The fraction of sp³-hybridized carbons (Fsp3) is 0.357. The van der Waals surface area contributed by atoms with E-state index in [-0.39, 0.29) is 5.69 Å². The van der Waals surface area contributed by atoms with Crippen LogP contribution in [0.3, 0.4) is 0 Å². The molecule has 0 amide bonds. The summed E-state index contributed by atoms with van der Waals surface area (Å²) in [6.45, 7) is 0. The highest BCUT2D eigenvalue weighted by atomic mass is 19.2. The summed E-state index contributed by atoms with van der Waals surface area (Å²) in [5, 5.41) is 2.74. The third kappa shape index (κ3) is 2.26. The van der Waals surface area contributed by atoms with Gasteiger partial charge < -0.3 is 9.88 Å². The van der Waals surface area contributed by atoms with Crippen molar-refractivity contribution in [1.29, 1.82) is 0 Å². The Bertz CT molecular complexity index is 618. The molecule has 1 saturated carbocycles. The van der Waals surface area contributed by atoms with E-state index in [4.69, 9.17) is 0 Å². The van der Waals surface area contributed by atoms with Crippen LogP contribution < -0.4 is 5.32 Å². The zero-order valence-electron chi connectivity index (χ0n) is 10.7. The van der Waals surface area contributed by atoms with Crippen molar-refractivity contribution in [3.63, 3.8) is 0 Å². The molecule has 0 saturated heterocycles. The molecule has 3 rings (SSSR count). The van der Waals surface area contributed by atoms with Crippen LogP contribution >= 0.6 is 0 Å². The molecular weight excluding hydrogens is 267 g/mol. The lowest BCUT2D eigenvalue weighted by atomic mass is 10.2. The summed E-state index contributed by atoms with van der Waals surface area (Å²) in [6, 6.07) is 2.39. The first-order valence-electron chi connectivity index (χ1n) is 6.60. The van der Waals surface area contributed by atoms with Crippen LogP contribution in [0.4, 0.5) is 24.8 Å². The Morgan fingerprint density at radius 2 is 1.85 bits per heavy atom. The van der Waals surface area contributed by atoms with Gasteiger partial charge in [-0.1, -0.05) is 12.8 Å². The largest absolute Gasteiger partial charge is 0.323 e. The molecule has 1 aliphatic carbocycles. The van der Waals surface area contributed by atoms with Crippen molar-refractivity contribution in [2.75, 3.05) is 5.32 Å². The smallest absolute Gasteiger partial charge is 0.207 e. The van der Waals surface area contributed by atoms with Crippen LogP contribution in [0.1, 0.15) is 31.7 Å². The summed E-state index contributed by atoms with van der Waals surface area (Å²) in [7, 11) is 0. The third-order valence-corrected chi connectivity index (χ3v) is 3.67.